The van der Waals surface area contributed by atoms with Crippen molar-refractivity contribution in [1.82, 2.24) is 4.90 Å². The minimum absolute atomic E-state index is 0.0400. The van der Waals surface area contributed by atoms with Gasteiger partial charge in [0, 0.05) is 0 Å². The molecule has 0 N–H and O–H groups in total. The number of ketones is 1. The number of carbonyl (C=O) groups excluding carboxylic acids is 1. The fourth-order valence-electron chi connectivity index (χ4n) is 2.21. The van der Waals surface area contributed by atoms with Crippen LogP contribution in [0.2, 0.25) is 0 Å². The number of likely N-dealkylation sites (N-methyl/N-ethyl adjacent to an activating group) is 1. The van der Waals surface area contributed by atoms with Crippen LogP contribution in [0, 0.1) is 5.92 Å². The van der Waals surface area contributed by atoms with Crippen molar-refractivity contribution in [2.45, 2.75) is 19.1 Å². The van der Waals surface area contributed by atoms with E-state index in [1.807, 2.05) is 43.3 Å². The average Bonchev–Trinajstić information content (AvgIpc) is 2.61. The van der Waals surface area contributed by atoms with Gasteiger partial charge >= 0.3 is 0 Å². The molecule has 3 unspecified atom stereocenters. The van der Waals surface area contributed by atoms with Crippen LogP contribution in [0.4, 0.5) is 0 Å². The van der Waals surface area contributed by atoms with Gasteiger partial charge in [-0.1, -0.05) is 23.4 Å². The first-order valence-electron chi connectivity index (χ1n) is 5.36. The average molecular weight is 220 g/mol. The van der Waals surface area contributed by atoms with Crippen molar-refractivity contribution in [2.75, 3.05) is 14.1 Å². The lowest BCUT2D eigenvalue weighted by Gasteiger charge is -2.24. The Hall–Kier alpha value is -1.42. The third kappa shape index (κ3) is 1.80. The second-order valence-corrected chi connectivity index (χ2v) is 4.36. The molecule has 0 bridgehead atoms. The third-order valence-corrected chi connectivity index (χ3v) is 2.89. The van der Waals surface area contributed by atoms with Crippen LogP contribution in [-0.4, -0.2) is 42.6 Å². The predicted octanol–water partition coefficient (Wildman–Crippen LogP) is 1.00. The van der Waals surface area contributed by atoms with Gasteiger partial charge in [0.2, 0.25) is 0 Å². The molecule has 0 aromatic rings. The van der Waals surface area contributed by atoms with Crippen LogP contribution in [0.3, 0.4) is 0 Å². The summed E-state index contributed by atoms with van der Waals surface area (Å²) in [6, 6.07) is -0.286. The normalized spacial score (nSPS) is 28.6. The molecule has 4 nitrogen and oxygen atoms in total. The number of allylic oxidation sites excluding steroid dienone is 2. The van der Waals surface area contributed by atoms with Crippen LogP contribution < -0.4 is 0 Å². The zero-order valence-electron chi connectivity index (χ0n) is 9.75. The molecule has 1 aliphatic carbocycles. The Labute approximate surface area is 95.2 Å². The number of Topliss-reactive ketones (excluding diaryl/α,β-unsaturated/α-hetero) is 1. The molecule has 0 aromatic carbocycles. The first-order chi connectivity index (χ1) is 7.61. The quantitative estimate of drug-likeness (QED) is 0.712. The van der Waals surface area contributed by atoms with Gasteiger partial charge in [0.15, 0.2) is 11.9 Å². The van der Waals surface area contributed by atoms with Crippen LogP contribution in [-0.2, 0) is 9.63 Å². The SMILES string of the molecule is CC(=O)C(C1=NOC2C=CC=CC12)N(C)C. The summed E-state index contributed by atoms with van der Waals surface area (Å²) >= 11 is 0. The molecule has 0 saturated carbocycles. The number of oxime groups is 1. The van der Waals surface area contributed by atoms with Gasteiger partial charge < -0.3 is 4.84 Å². The molecule has 2 aliphatic rings. The molecule has 0 amide bonds. The monoisotopic (exact) mass is 220 g/mol. The number of rotatable bonds is 3. The van der Waals surface area contributed by atoms with E-state index in [1.54, 1.807) is 6.92 Å². The van der Waals surface area contributed by atoms with Gasteiger partial charge in [0.25, 0.3) is 0 Å². The van der Waals surface area contributed by atoms with Crippen LogP contribution in [0.25, 0.3) is 0 Å². The van der Waals surface area contributed by atoms with Gasteiger partial charge in [0.1, 0.15) is 6.04 Å². The Kier molecular flexibility index (Phi) is 2.92. The summed E-state index contributed by atoms with van der Waals surface area (Å²) in [5.41, 5.74) is 0.808. The smallest absolute Gasteiger partial charge is 0.157 e. The first kappa shape index (κ1) is 11.1. The zero-order valence-corrected chi connectivity index (χ0v) is 9.75. The summed E-state index contributed by atoms with van der Waals surface area (Å²) in [6.45, 7) is 1.59. The second-order valence-electron chi connectivity index (χ2n) is 4.36. The van der Waals surface area contributed by atoms with Gasteiger partial charge in [-0.2, -0.15) is 0 Å². The van der Waals surface area contributed by atoms with E-state index in [1.165, 1.54) is 0 Å². The summed E-state index contributed by atoms with van der Waals surface area (Å²) < 4.78 is 0. The molecule has 0 saturated heterocycles. The molecule has 0 aromatic heterocycles. The maximum Gasteiger partial charge on any atom is 0.157 e. The second kappa shape index (κ2) is 4.22. The Morgan fingerprint density at radius 1 is 1.44 bits per heavy atom. The van der Waals surface area contributed by atoms with Crippen molar-refractivity contribution in [3.8, 4) is 0 Å². The highest BCUT2D eigenvalue weighted by Crippen LogP contribution is 2.27. The molecule has 2 rings (SSSR count). The van der Waals surface area contributed by atoms with E-state index in [4.69, 9.17) is 4.84 Å². The molecular formula is C12H16N2O2. The minimum Gasteiger partial charge on any atom is -0.387 e. The molecule has 3 atom stereocenters. The molecule has 4 heteroatoms. The highest BCUT2D eigenvalue weighted by atomic mass is 16.6. The van der Waals surface area contributed by atoms with Gasteiger partial charge in [-0.05, 0) is 27.1 Å². The number of nitrogens with zero attached hydrogens (tertiary/aromatic N) is 2. The predicted molar refractivity (Wildman–Crippen MR) is 62.2 cm³/mol. The lowest BCUT2D eigenvalue weighted by Crippen LogP contribution is -2.44. The molecule has 16 heavy (non-hydrogen) atoms. The molecule has 0 spiro atoms. The molecule has 0 radical (unpaired) electrons. The van der Waals surface area contributed by atoms with E-state index in [-0.39, 0.29) is 23.8 Å². The van der Waals surface area contributed by atoms with Gasteiger partial charge in [-0.15, -0.1) is 0 Å². The molecule has 1 heterocycles. The summed E-state index contributed by atoms with van der Waals surface area (Å²) in [5.74, 6) is 0.192. The van der Waals surface area contributed by atoms with Gasteiger partial charge in [0.05, 0.1) is 11.6 Å². The van der Waals surface area contributed by atoms with Crippen molar-refractivity contribution in [1.29, 1.82) is 0 Å². The minimum atomic E-state index is -0.286. The topological polar surface area (TPSA) is 41.9 Å². The Balaban J connectivity index is 2.24. The fraction of sp³-hybridized carbons (Fsp3) is 0.500. The Morgan fingerprint density at radius 2 is 2.12 bits per heavy atom. The van der Waals surface area contributed by atoms with E-state index in [0.29, 0.717) is 0 Å². The fourth-order valence-corrected chi connectivity index (χ4v) is 2.21. The zero-order chi connectivity index (χ0) is 11.7. The van der Waals surface area contributed by atoms with Gasteiger partial charge in [-0.25, -0.2) is 0 Å². The highest BCUT2D eigenvalue weighted by Gasteiger charge is 2.38. The van der Waals surface area contributed by atoms with E-state index in [0.717, 1.165) is 5.71 Å². The van der Waals surface area contributed by atoms with Crippen molar-refractivity contribution < 1.29 is 9.63 Å². The van der Waals surface area contributed by atoms with Crippen LogP contribution in [0.1, 0.15) is 6.92 Å². The number of carbonyl (C=O) groups is 1. The lowest BCUT2D eigenvalue weighted by molar-refractivity contribution is -0.119. The summed E-state index contributed by atoms with van der Waals surface area (Å²) in [4.78, 5) is 18.8. The molecule has 86 valence electrons. The van der Waals surface area contributed by atoms with E-state index in [2.05, 4.69) is 5.16 Å². The van der Waals surface area contributed by atoms with E-state index >= 15 is 0 Å². The number of hydrogen-bond donors (Lipinski definition) is 0. The summed E-state index contributed by atoms with van der Waals surface area (Å²) in [6.07, 6.45) is 7.88. The van der Waals surface area contributed by atoms with Crippen LogP contribution in [0.15, 0.2) is 29.5 Å². The van der Waals surface area contributed by atoms with Crippen LogP contribution >= 0.6 is 0 Å². The van der Waals surface area contributed by atoms with Crippen LogP contribution in [0.5, 0.6) is 0 Å². The summed E-state index contributed by atoms with van der Waals surface area (Å²) in [7, 11) is 3.76. The van der Waals surface area contributed by atoms with Crippen molar-refractivity contribution in [3.63, 3.8) is 0 Å². The first-order valence-corrected chi connectivity index (χ1v) is 5.36. The maximum absolute atomic E-state index is 11.6. The van der Waals surface area contributed by atoms with E-state index < -0.39 is 0 Å². The Morgan fingerprint density at radius 3 is 2.75 bits per heavy atom. The number of fused-ring (bicyclic) bond motifs is 1. The van der Waals surface area contributed by atoms with Crippen molar-refractivity contribution >= 4 is 11.5 Å². The van der Waals surface area contributed by atoms with Crippen molar-refractivity contribution in [3.05, 3.63) is 24.3 Å². The van der Waals surface area contributed by atoms with Crippen molar-refractivity contribution in [2.24, 2.45) is 11.1 Å². The Bertz CT molecular complexity index is 382. The molecular weight excluding hydrogens is 204 g/mol. The molecule has 1 aliphatic heterocycles. The lowest BCUT2D eigenvalue weighted by atomic mass is 9.88. The maximum atomic E-state index is 11.6. The van der Waals surface area contributed by atoms with Gasteiger partial charge in [-0.3, -0.25) is 9.69 Å². The largest absolute Gasteiger partial charge is 0.387 e. The summed E-state index contributed by atoms with van der Waals surface area (Å²) in [5, 5.41) is 4.07. The number of hydrogen-bond acceptors (Lipinski definition) is 4. The standard InChI is InChI=1S/C12H16N2O2/c1-8(15)12(14(2)3)11-9-6-4-5-7-10(9)16-13-11/h4-7,9-10,12H,1-3H3. The highest BCUT2D eigenvalue weighted by molar-refractivity contribution is 6.10. The third-order valence-electron chi connectivity index (χ3n) is 2.89. The molecule has 0 fully saturated rings. The van der Waals surface area contributed by atoms with E-state index in [9.17, 15) is 4.79 Å².